The molecule has 0 bridgehead atoms. The summed E-state index contributed by atoms with van der Waals surface area (Å²) >= 11 is 0. The summed E-state index contributed by atoms with van der Waals surface area (Å²) < 4.78 is 28.6. The van der Waals surface area contributed by atoms with Crippen molar-refractivity contribution >= 4 is 39.8 Å². The summed E-state index contributed by atoms with van der Waals surface area (Å²) in [5, 5.41) is 6.43. The molecule has 0 spiro atoms. The van der Waals surface area contributed by atoms with Crippen molar-refractivity contribution in [2.75, 3.05) is 31.7 Å². The van der Waals surface area contributed by atoms with Gasteiger partial charge >= 0.3 is 0 Å². The first-order valence-electron chi connectivity index (χ1n) is 8.00. The average molecular weight is 479 g/mol. The van der Waals surface area contributed by atoms with E-state index in [4.69, 9.17) is 4.74 Å². The maximum Gasteiger partial charge on any atom is 0.191 e. The highest BCUT2D eigenvalue weighted by molar-refractivity contribution is 14.0. The van der Waals surface area contributed by atoms with Crippen molar-refractivity contribution in [1.82, 2.24) is 10.6 Å². The molecule has 1 saturated heterocycles. The molecule has 25 heavy (non-hydrogen) atoms. The van der Waals surface area contributed by atoms with E-state index in [-0.39, 0.29) is 35.6 Å². The zero-order valence-corrected chi connectivity index (χ0v) is 17.5. The summed E-state index contributed by atoms with van der Waals surface area (Å²) in [7, 11) is -1.15. The molecular weight excluding hydrogens is 453 g/mol. The highest BCUT2D eigenvalue weighted by Gasteiger charge is 2.27. The Bertz CT molecular complexity index is 692. The van der Waals surface area contributed by atoms with Gasteiger partial charge in [-0.1, -0.05) is 30.9 Å². The first-order valence-corrected chi connectivity index (χ1v) is 9.82. The molecule has 0 radical (unpaired) electrons. The lowest BCUT2D eigenvalue weighted by Gasteiger charge is -2.16. The molecule has 1 heterocycles. The van der Waals surface area contributed by atoms with Crippen LogP contribution in [0.3, 0.4) is 0 Å². The van der Waals surface area contributed by atoms with E-state index >= 15 is 0 Å². The molecule has 1 aliphatic heterocycles. The van der Waals surface area contributed by atoms with Crippen molar-refractivity contribution < 1.29 is 13.2 Å². The molecule has 0 aromatic heterocycles. The Hall–Kier alpha value is -1.29. The van der Waals surface area contributed by atoms with E-state index in [0.717, 1.165) is 11.3 Å². The number of nitrogens with one attached hydrogen (secondary N) is 2. The molecule has 140 valence electrons. The van der Waals surface area contributed by atoms with Crippen LogP contribution in [0.4, 0.5) is 0 Å². The van der Waals surface area contributed by atoms with E-state index in [1.54, 1.807) is 13.1 Å². The zero-order chi connectivity index (χ0) is 17.4. The quantitative estimate of drug-likeness (QED) is 0.271. The normalized spacial score (nSPS) is 18.9. The van der Waals surface area contributed by atoms with Crippen LogP contribution in [-0.4, -0.2) is 46.1 Å². The van der Waals surface area contributed by atoms with E-state index in [9.17, 15) is 8.42 Å². The smallest absolute Gasteiger partial charge is 0.191 e. The van der Waals surface area contributed by atoms with Crippen molar-refractivity contribution in [2.24, 2.45) is 10.9 Å². The molecule has 6 nitrogen and oxygen atoms in total. The number of benzene rings is 1. The molecule has 1 aliphatic rings. The van der Waals surface area contributed by atoms with Gasteiger partial charge in [0, 0.05) is 25.7 Å². The van der Waals surface area contributed by atoms with Crippen molar-refractivity contribution in [3.8, 4) is 5.75 Å². The number of hydrogen-bond acceptors (Lipinski definition) is 4. The highest BCUT2D eigenvalue weighted by Crippen LogP contribution is 2.18. The minimum atomic E-state index is -2.84. The van der Waals surface area contributed by atoms with E-state index in [1.165, 1.54) is 0 Å². The number of sulfone groups is 1. The van der Waals surface area contributed by atoms with E-state index in [0.29, 0.717) is 37.8 Å². The summed E-state index contributed by atoms with van der Waals surface area (Å²) in [4.78, 5) is 4.18. The van der Waals surface area contributed by atoms with Crippen LogP contribution in [0.2, 0.25) is 0 Å². The lowest BCUT2D eigenvalue weighted by molar-refractivity contribution is 0.358. The molecule has 2 rings (SSSR count). The first kappa shape index (κ1) is 21.8. The van der Waals surface area contributed by atoms with Crippen LogP contribution in [0.5, 0.6) is 5.75 Å². The van der Waals surface area contributed by atoms with Gasteiger partial charge in [0.2, 0.25) is 0 Å². The average Bonchev–Trinajstić information content (AvgIpc) is 2.93. The molecule has 1 aromatic carbocycles. The standard InChI is InChI=1S/C17H25N3O3S.HI/c1-3-9-23-16-7-5-4-6-15(16)12-20-17(18-2)19-11-14-8-10-24(21,22)13-14;/h3-7,14H,1,8-13H2,2H3,(H2,18,19,20);1H. The predicted molar refractivity (Wildman–Crippen MR) is 113 cm³/mol. The lowest BCUT2D eigenvalue weighted by Crippen LogP contribution is -2.39. The van der Waals surface area contributed by atoms with Gasteiger partial charge in [-0.05, 0) is 18.4 Å². The van der Waals surface area contributed by atoms with E-state index < -0.39 is 9.84 Å². The second-order valence-corrected chi connectivity index (χ2v) is 8.01. The topological polar surface area (TPSA) is 79.8 Å². The van der Waals surface area contributed by atoms with Gasteiger partial charge < -0.3 is 15.4 Å². The van der Waals surface area contributed by atoms with Crippen molar-refractivity contribution in [3.63, 3.8) is 0 Å². The minimum Gasteiger partial charge on any atom is -0.489 e. The molecule has 0 amide bonds. The van der Waals surface area contributed by atoms with Gasteiger partial charge in [0.1, 0.15) is 12.4 Å². The van der Waals surface area contributed by atoms with Gasteiger partial charge in [0.05, 0.1) is 11.5 Å². The number of para-hydroxylation sites is 1. The number of halogens is 1. The van der Waals surface area contributed by atoms with Crippen molar-refractivity contribution in [1.29, 1.82) is 0 Å². The number of aliphatic imine (C=N–C) groups is 1. The summed E-state index contributed by atoms with van der Waals surface area (Å²) in [6.07, 6.45) is 2.42. The van der Waals surface area contributed by atoms with Gasteiger partial charge in [0.25, 0.3) is 0 Å². The van der Waals surface area contributed by atoms with Crippen LogP contribution in [0, 0.1) is 5.92 Å². The zero-order valence-electron chi connectivity index (χ0n) is 14.4. The summed E-state index contributed by atoms with van der Waals surface area (Å²) in [6.45, 7) is 5.28. The molecule has 1 fully saturated rings. The molecule has 1 unspecified atom stereocenters. The Balaban J connectivity index is 0.00000312. The van der Waals surface area contributed by atoms with Crippen LogP contribution >= 0.6 is 24.0 Å². The van der Waals surface area contributed by atoms with Crippen LogP contribution in [0.25, 0.3) is 0 Å². The first-order chi connectivity index (χ1) is 11.5. The molecule has 0 saturated carbocycles. The van der Waals surface area contributed by atoms with Crippen molar-refractivity contribution in [3.05, 3.63) is 42.5 Å². The molecule has 1 aromatic rings. The summed E-state index contributed by atoms with van der Waals surface area (Å²) in [5.41, 5.74) is 1.02. The highest BCUT2D eigenvalue weighted by atomic mass is 127. The maximum absolute atomic E-state index is 11.5. The minimum absolute atomic E-state index is 0. The summed E-state index contributed by atoms with van der Waals surface area (Å²) in [6, 6.07) is 7.79. The number of hydrogen-bond donors (Lipinski definition) is 2. The molecule has 8 heteroatoms. The third-order valence-corrected chi connectivity index (χ3v) is 5.72. The molecule has 2 N–H and O–H groups in total. The van der Waals surface area contributed by atoms with Crippen LogP contribution in [0.1, 0.15) is 12.0 Å². The largest absolute Gasteiger partial charge is 0.489 e. The van der Waals surface area contributed by atoms with E-state index in [2.05, 4.69) is 22.2 Å². The fourth-order valence-corrected chi connectivity index (χ4v) is 4.47. The third-order valence-electron chi connectivity index (χ3n) is 3.88. The predicted octanol–water partition coefficient (Wildman–Crippen LogP) is 1.97. The Labute approximate surface area is 167 Å². The van der Waals surface area contributed by atoms with Gasteiger partial charge in [-0.2, -0.15) is 0 Å². The van der Waals surface area contributed by atoms with Crippen LogP contribution in [-0.2, 0) is 16.4 Å². The van der Waals surface area contributed by atoms with E-state index in [1.807, 2.05) is 24.3 Å². The van der Waals surface area contributed by atoms with Gasteiger partial charge in [-0.15, -0.1) is 24.0 Å². The Morgan fingerprint density at radius 2 is 2.16 bits per heavy atom. The van der Waals surface area contributed by atoms with Gasteiger partial charge in [0.15, 0.2) is 15.8 Å². The molecule has 0 aliphatic carbocycles. The van der Waals surface area contributed by atoms with Gasteiger partial charge in [-0.3, -0.25) is 4.99 Å². The van der Waals surface area contributed by atoms with Gasteiger partial charge in [-0.25, -0.2) is 8.42 Å². The lowest BCUT2D eigenvalue weighted by atomic mass is 10.1. The third kappa shape index (κ3) is 7.23. The number of guanidine groups is 1. The molecule has 1 atom stereocenters. The Morgan fingerprint density at radius 1 is 1.40 bits per heavy atom. The SMILES string of the molecule is C=CCOc1ccccc1CNC(=NC)NCC1CCS(=O)(=O)C1.I. The second-order valence-electron chi connectivity index (χ2n) is 5.78. The van der Waals surface area contributed by atoms with Crippen LogP contribution < -0.4 is 15.4 Å². The summed E-state index contributed by atoms with van der Waals surface area (Å²) in [5.74, 6) is 2.16. The second kappa shape index (κ2) is 10.6. The fraction of sp³-hybridized carbons (Fsp3) is 0.471. The maximum atomic E-state index is 11.5. The number of ether oxygens (including phenoxy) is 1. The van der Waals surface area contributed by atoms with Crippen LogP contribution in [0.15, 0.2) is 41.9 Å². The Morgan fingerprint density at radius 3 is 2.80 bits per heavy atom. The fourth-order valence-electron chi connectivity index (χ4n) is 2.61. The Kier molecular flexibility index (Phi) is 9.26. The van der Waals surface area contributed by atoms with Crippen molar-refractivity contribution in [2.45, 2.75) is 13.0 Å². The number of nitrogens with zero attached hydrogens (tertiary/aromatic N) is 1. The molecular formula is C17H26IN3O3S. The monoisotopic (exact) mass is 479 g/mol. The number of rotatable bonds is 7.